The van der Waals surface area contributed by atoms with Crippen LogP contribution in [0.2, 0.25) is 0 Å². The van der Waals surface area contributed by atoms with E-state index in [9.17, 15) is 14.4 Å². The third kappa shape index (κ3) is 3.74. The van der Waals surface area contributed by atoms with Crippen LogP contribution in [0, 0.1) is 11.8 Å². The molecule has 0 radical (unpaired) electrons. The van der Waals surface area contributed by atoms with Crippen molar-refractivity contribution in [2.75, 3.05) is 0 Å². The van der Waals surface area contributed by atoms with Crippen molar-refractivity contribution in [2.24, 2.45) is 11.8 Å². The summed E-state index contributed by atoms with van der Waals surface area (Å²) >= 11 is 0. The van der Waals surface area contributed by atoms with Crippen LogP contribution in [0.5, 0.6) is 0 Å². The molecule has 1 amide bonds. The van der Waals surface area contributed by atoms with Crippen molar-refractivity contribution in [1.82, 2.24) is 19.9 Å². The number of rotatable bonds is 5. The fraction of sp³-hybridized carbons (Fsp3) is 0.636. The molecule has 2 saturated carbocycles. The highest BCUT2D eigenvalue weighted by Crippen LogP contribution is 2.40. The maximum Gasteiger partial charge on any atom is 0.329 e. The van der Waals surface area contributed by atoms with Crippen LogP contribution in [0.1, 0.15) is 81.3 Å². The first-order valence-corrected chi connectivity index (χ1v) is 10.9. The standard InChI is InChI=1S/C22H30N4O3/c1-4-10-26-19-18(21(28)25-22(26)29)15(11-17(23-19)14-8-9-14)20(27)24-16-7-5-6-12(2)13(16)3/h11-14,16H,4-10H2,1-3H3,(H,24,27)(H,25,28,29). The molecule has 0 saturated heterocycles. The van der Waals surface area contributed by atoms with Crippen LogP contribution in [0.4, 0.5) is 0 Å². The van der Waals surface area contributed by atoms with E-state index in [1.807, 2.05) is 6.92 Å². The molecule has 156 valence electrons. The van der Waals surface area contributed by atoms with Crippen molar-refractivity contribution in [3.8, 4) is 0 Å². The quantitative estimate of drug-likeness (QED) is 0.809. The second-order valence-electron chi connectivity index (χ2n) is 8.83. The summed E-state index contributed by atoms with van der Waals surface area (Å²) in [6.45, 7) is 6.82. The lowest BCUT2D eigenvalue weighted by Gasteiger charge is -2.34. The largest absolute Gasteiger partial charge is 0.349 e. The van der Waals surface area contributed by atoms with Gasteiger partial charge in [-0.3, -0.25) is 19.1 Å². The molecule has 0 aliphatic heterocycles. The molecule has 29 heavy (non-hydrogen) atoms. The van der Waals surface area contributed by atoms with E-state index in [1.54, 1.807) is 6.07 Å². The van der Waals surface area contributed by atoms with Gasteiger partial charge in [0, 0.05) is 24.2 Å². The van der Waals surface area contributed by atoms with Gasteiger partial charge in [-0.05, 0) is 43.6 Å². The van der Waals surface area contributed by atoms with Crippen LogP contribution >= 0.6 is 0 Å². The van der Waals surface area contributed by atoms with Crippen LogP contribution < -0.4 is 16.6 Å². The van der Waals surface area contributed by atoms with E-state index >= 15 is 0 Å². The summed E-state index contributed by atoms with van der Waals surface area (Å²) in [6, 6.07) is 1.86. The monoisotopic (exact) mass is 398 g/mol. The van der Waals surface area contributed by atoms with Crippen LogP contribution in [0.25, 0.3) is 11.0 Å². The van der Waals surface area contributed by atoms with E-state index < -0.39 is 11.2 Å². The Hall–Kier alpha value is -2.44. The van der Waals surface area contributed by atoms with Gasteiger partial charge in [0.25, 0.3) is 11.5 Å². The minimum absolute atomic E-state index is 0.0967. The Morgan fingerprint density at radius 3 is 2.69 bits per heavy atom. The highest BCUT2D eigenvalue weighted by molar-refractivity contribution is 6.05. The molecule has 2 N–H and O–H groups in total. The molecular weight excluding hydrogens is 368 g/mol. The van der Waals surface area contributed by atoms with Crippen molar-refractivity contribution < 1.29 is 4.79 Å². The molecule has 0 spiro atoms. The van der Waals surface area contributed by atoms with Gasteiger partial charge < -0.3 is 5.32 Å². The molecule has 2 heterocycles. The predicted octanol–water partition coefficient (Wildman–Crippen LogP) is 2.93. The van der Waals surface area contributed by atoms with Crippen molar-refractivity contribution in [3.05, 3.63) is 38.2 Å². The normalized spacial score (nSPS) is 24.6. The van der Waals surface area contributed by atoms with Gasteiger partial charge in [0.15, 0.2) is 5.65 Å². The van der Waals surface area contributed by atoms with Gasteiger partial charge in [0.05, 0.1) is 10.9 Å². The van der Waals surface area contributed by atoms with Crippen molar-refractivity contribution in [3.63, 3.8) is 0 Å². The first-order chi connectivity index (χ1) is 13.9. The first-order valence-electron chi connectivity index (χ1n) is 10.9. The maximum absolute atomic E-state index is 13.3. The molecule has 2 aliphatic rings. The fourth-order valence-electron chi connectivity index (χ4n) is 4.52. The Balaban J connectivity index is 1.82. The van der Waals surface area contributed by atoms with Gasteiger partial charge in [-0.15, -0.1) is 0 Å². The number of carbonyl (C=O) groups excluding carboxylic acids is 1. The number of nitrogens with one attached hydrogen (secondary N) is 2. The lowest BCUT2D eigenvalue weighted by molar-refractivity contribution is 0.0892. The van der Waals surface area contributed by atoms with E-state index in [0.717, 1.165) is 37.8 Å². The van der Waals surface area contributed by atoms with Crippen LogP contribution in [0.15, 0.2) is 15.7 Å². The predicted molar refractivity (Wildman–Crippen MR) is 112 cm³/mol. The SMILES string of the molecule is CCCn1c(=O)[nH]c(=O)c2c(C(=O)NC3CCCC(C)C3C)cc(C3CC3)nc21. The lowest BCUT2D eigenvalue weighted by Crippen LogP contribution is -2.44. The van der Waals surface area contributed by atoms with Crippen LogP contribution in [-0.2, 0) is 6.54 Å². The highest BCUT2D eigenvalue weighted by Gasteiger charge is 2.31. The van der Waals surface area contributed by atoms with E-state index in [1.165, 1.54) is 11.0 Å². The maximum atomic E-state index is 13.3. The molecule has 3 unspecified atom stereocenters. The molecule has 3 atom stereocenters. The summed E-state index contributed by atoms with van der Waals surface area (Å²) in [5.41, 5.74) is 0.476. The summed E-state index contributed by atoms with van der Waals surface area (Å²) in [7, 11) is 0. The Bertz CT molecular complexity index is 1050. The molecule has 2 aromatic heterocycles. The molecule has 0 aromatic carbocycles. The molecule has 0 bridgehead atoms. The number of pyridine rings is 1. The summed E-state index contributed by atoms with van der Waals surface area (Å²) < 4.78 is 1.49. The third-order valence-electron chi connectivity index (χ3n) is 6.68. The number of nitrogens with zero attached hydrogens (tertiary/aromatic N) is 2. The van der Waals surface area contributed by atoms with E-state index in [4.69, 9.17) is 0 Å². The number of H-pyrrole nitrogens is 1. The number of amides is 1. The number of hydrogen-bond acceptors (Lipinski definition) is 4. The molecular formula is C22H30N4O3. The number of fused-ring (bicyclic) bond motifs is 1. The number of hydrogen-bond donors (Lipinski definition) is 2. The molecule has 2 aromatic rings. The number of aromatic nitrogens is 3. The molecule has 7 nitrogen and oxygen atoms in total. The van der Waals surface area contributed by atoms with Crippen molar-refractivity contribution in [2.45, 2.75) is 77.8 Å². The Morgan fingerprint density at radius 1 is 1.24 bits per heavy atom. The van der Waals surface area contributed by atoms with E-state index in [-0.39, 0.29) is 17.3 Å². The Labute approximate surface area is 169 Å². The van der Waals surface area contributed by atoms with E-state index in [2.05, 4.69) is 29.1 Å². The zero-order chi connectivity index (χ0) is 20.7. The topological polar surface area (TPSA) is 96.9 Å². The number of carbonyl (C=O) groups is 1. The third-order valence-corrected chi connectivity index (χ3v) is 6.68. The minimum Gasteiger partial charge on any atom is -0.349 e. The second kappa shape index (κ2) is 7.76. The zero-order valence-electron chi connectivity index (χ0n) is 17.5. The smallest absolute Gasteiger partial charge is 0.329 e. The van der Waals surface area contributed by atoms with Gasteiger partial charge in [0.2, 0.25) is 0 Å². The Kier molecular flexibility index (Phi) is 5.32. The van der Waals surface area contributed by atoms with Gasteiger partial charge in [0.1, 0.15) is 0 Å². The average molecular weight is 399 g/mol. The van der Waals surface area contributed by atoms with Gasteiger partial charge in [-0.2, -0.15) is 0 Å². The van der Waals surface area contributed by atoms with E-state index in [0.29, 0.717) is 35.5 Å². The van der Waals surface area contributed by atoms with Gasteiger partial charge >= 0.3 is 5.69 Å². The lowest BCUT2D eigenvalue weighted by atomic mass is 9.78. The first kappa shape index (κ1) is 19.9. The highest BCUT2D eigenvalue weighted by atomic mass is 16.2. The number of aromatic amines is 1. The van der Waals surface area contributed by atoms with Crippen LogP contribution in [0.3, 0.4) is 0 Å². The second-order valence-corrected chi connectivity index (χ2v) is 8.83. The Morgan fingerprint density at radius 2 is 2.00 bits per heavy atom. The summed E-state index contributed by atoms with van der Waals surface area (Å²) in [6.07, 6.45) is 6.01. The van der Waals surface area contributed by atoms with Crippen molar-refractivity contribution >= 4 is 16.9 Å². The molecule has 2 fully saturated rings. The fourth-order valence-corrected chi connectivity index (χ4v) is 4.52. The summed E-state index contributed by atoms with van der Waals surface area (Å²) in [5, 5.41) is 3.40. The zero-order valence-corrected chi connectivity index (χ0v) is 17.5. The van der Waals surface area contributed by atoms with Gasteiger partial charge in [-0.25, -0.2) is 9.78 Å². The summed E-state index contributed by atoms with van der Waals surface area (Å²) in [4.78, 5) is 45.4. The molecule has 4 rings (SSSR count). The van der Waals surface area contributed by atoms with Crippen molar-refractivity contribution in [1.29, 1.82) is 0 Å². The van der Waals surface area contributed by atoms with Crippen LogP contribution in [-0.4, -0.2) is 26.5 Å². The van der Waals surface area contributed by atoms with Gasteiger partial charge in [-0.1, -0.05) is 33.6 Å². The summed E-state index contributed by atoms with van der Waals surface area (Å²) in [5.74, 6) is 1.02. The minimum atomic E-state index is -0.539. The molecule has 7 heteroatoms. The molecule has 2 aliphatic carbocycles. The average Bonchev–Trinajstić information content (AvgIpc) is 3.53. The number of aryl methyl sites for hydroxylation is 1.